The molecule has 0 aliphatic carbocycles. The fourth-order valence-corrected chi connectivity index (χ4v) is 2.63. The third-order valence-corrected chi connectivity index (χ3v) is 3.99. The van der Waals surface area contributed by atoms with Gasteiger partial charge in [-0.3, -0.25) is 4.68 Å². The van der Waals surface area contributed by atoms with E-state index >= 15 is 0 Å². The fourth-order valence-electron chi connectivity index (χ4n) is 2.63. The van der Waals surface area contributed by atoms with Crippen molar-refractivity contribution in [3.63, 3.8) is 0 Å². The predicted octanol–water partition coefficient (Wildman–Crippen LogP) is 3.12. The molecule has 1 atom stereocenters. The average Bonchev–Trinajstić information content (AvgIpc) is 2.56. The van der Waals surface area contributed by atoms with Crippen LogP contribution in [-0.2, 0) is 7.05 Å². The molecule has 1 heterocycles. The van der Waals surface area contributed by atoms with Gasteiger partial charge in [-0.2, -0.15) is 5.10 Å². The van der Waals surface area contributed by atoms with Crippen molar-refractivity contribution in [3.05, 3.63) is 17.0 Å². The third-order valence-electron chi connectivity index (χ3n) is 3.99. The summed E-state index contributed by atoms with van der Waals surface area (Å²) in [6, 6.07) is 0.439. The Balaban J connectivity index is 2.93. The first-order valence-electron chi connectivity index (χ1n) is 6.72. The summed E-state index contributed by atoms with van der Waals surface area (Å²) in [6.07, 6.45) is 3.72. The summed E-state index contributed by atoms with van der Waals surface area (Å²) in [5, 5.41) is 7.97. The normalized spacial score (nSPS) is 13.4. The molecule has 0 saturated heterocycles. The number of hydrogen-bond acceptors (Lipinski definition) is 2. The monoisotopic (exact) mass is 237 g/mol. The molecule has 0 amide bonds. The van der Waals surface area contributed by atoms with Crippen LogP contribution in [0.1, 0.15) is 56.1 Å². The molecule has 0 aromatic carbocycles. The minimum atomic E-state index is 0.439. The van der Waals surface area contributed by atoms with Gasteiger partial charge < -0.3 is 5.32 Å². The van der Waals surface area contributed by atoms with Crippen LogP contribution in [0.3, 0.4) is 0 Å². The van der Waals surface area contributed by atoms with Crippen LogP contribution < -0.4 is 5.32 Å². The van der Waals surface area contributed by atoms with Crippen LogP contribution >= 0.6 is 0 Å². The number of nitrogens with one attached hydrogen (secondary N) is 1. The first-order chi connectivity index (χ1) is 8.04. The molecule has 1 rings (SSSR count). The lowest BCUT2D eigenvalue weighted by Gasteiger charge is -2.22. The lowest BCUT2D eigenvalue weighted by molar-refractivity contribution is 0.383. The Labute approximate surface area is 106 Å². The van der Waals surface area contributed by atoms with Gasteiger partial charge in [-0.1, -0.05) is 26.7 Å². The molecule has 1 unspecified atom stereocenters. The molecule has 1 N–H and O–H groups in total. The second kappa shape index (κ2) is 6.20. The minimum absolute atomic E-state index is 0.439. The quantitative estimate of drug-likeness (QED) is 0.824. The topological polar surface area (TPSA) is 29.9 Å². The molecule has 1 aromatic heterocycles. The lowest BCUT2D eigenvalue weighted by atomic mass is 9.90. The Kier molecular flexibility index (Phi) is 5.19. The zero-order valence-electron chi connectivity index (χ0n) is 12.2. The molecule has 1 aromatic rings. The van der Waals surface area contributed by atoms with Gasteiger partial charge in [0.15, 0.2) is 0 Å². The maximum atomic E-state index is 4.52. The van der Waals surface area contributed by atoms with Crippen LogP contribution in [0.15, 0.2) is 0 Å². The molecular formula is C14H27N3. The Morgan fingerprint density at radius 3 is 2.18 bits per heavy atom. The summed E-state index contributed by atoms with van der Waals surface area (Å²) in [5.41, 5.74) is 3.84. The van der Waals surface area contributed by atoms with Gasteiger partial charge in [0.1, 0.15) is 0 Å². The first kappa shape index (κ1) is 14.2. The molecule has 0 fully saturated rings. The number of hydrogen-bond donors (Lipinski definition) is 1. The van der Waals surface area contributed by atoms with Crippen molar-refractivity contribution in [1.82, 2.24) is 15.1 Å². The van der Waals surface area contributed by atoms with Crippen molar-refractivity contribution in [2.24, 2.45) is 13.0 Å². The SMILES string of the molecule is CCC(CC)CC(NC)c1c(C)nn(C)c1C. The number of rotatable bonds is 6. The van der Waals surface area contributed by atoms with Crippen molar-refractivity contribution < 1.29 is 0 Å². The molecule has 17 heavy (non-hydrogen) atoms. The molecular weight excluding hydrogens is 210 g/mol. The van der Waals surface area contributed by atoms with E-state index in [1.54, 1.807) is 0 Å². The smallest absolute Gasteiger partial charge is 0.0644 e. The zero-order chi connectivity index (χ0) is 13.0. The summed E-state index contributed by atoms with van der Waals surface area (Å²) < 4.78 is 1.99. The van der Waals surface area contributed by atoms with Crippen molar-refractivity contribution in [2.75, 3.05) is 7.05 Å². The predicted molar refractivity (Wildman–Crippen MR) is 73.2 cm³/mol. The van der Waals surface area contributed by atoms with Crippen LogP contribution in [-0.4, -0.2) is 16.8 Å². The van der Waals surface area contributed by atoms with E-state index in [1.165, 1.54) is 30.5 Å². The summed E-state index contributed by atoms with van der Waals surface area (Å²) in [4.78, 5) is 0. The van der Waals surface area contributed by atoms with E-state index < -0.39 is 0 Å². The maximum absolute atomic E-state index is 4.52. The minimum Gasteiger partial charge on any atom is -0.313 e. The van der Waals surface area contributed by atoms with E-state index in [1.807, 2.05) is 11.7 Å². The molecule has 0 bridgehead atoms. The molecule has 3 heteroatoms. The highest BCUT2D eigenvalue weighted by atomic mass is 15.3. The van der Waals surface area contributed by atoms with E-state index in [-0.39, 0.29) is 0 Å². The summed E-state index contributed by atoms with van der Waals surface area (Å²) in [6.45, 7) is 8.83. The van der Waals surface area contributed by atoms with Crippen molar-refractivity contribution >= 4 is 0 Å². The van der Waals surface area contributed by atoms with E-state index in [4.69, 9.17) is 0 Å². The molecule has 0 aliphatic heterocycles. The van der Waals surface area contributed by atoms with Gasteiger partial charge in [0.2, 0.25) is 0 Å². The number of aryl methyl sites for hydroxylation is 2. The largest absolute Gasteiger partial charge is 0.313 e. The van der Waals surface area contributed by atoms with Gasteiger partial charge in [-0.25, -0.2) is 0 Å². The molecule has 0 aliphatic rings. The molecule has 0 saturated carbocycles. The second-order valence-corrected chi connectivity index (χ2v) is 4.97. The van der Waals surface area contributed by atoms with Crippen LogP contribution in [0.25, 0.3) is 0 Å². The molecule has 0 radical (unpaired) electrons. The maximum Gasteiger partial charge on any atom is 0.0644 e. The van der Waals surface area contributed by atoms with Crippen molar-refractivity contribution in [2.45, 2.75) is 53.0 Å². The second-order valence-electron chi connectivity index (χ2n) is 4.97. The number of aromatic nitrogens is 2. The van der Waals surface area contributed by atoms with Crippen molar-refractivity contribution in [1.29, 1.82) is 0 Å². The van der Waals surface area contributed by atoms with E-state index in [0.29, 0.717) is 6.04 Å². The Morgan fingerprint density at radius 2 is 1.82 bits per heavy atom. The molecule has 3 nitrogen and oxygen atoms in total. The van der Waals surface area contributed by atoms with Gasteiger partial charge in [-0.15, -0.1) is 0 Å². The van der Waals surface area contributed by atoms with Crippen LogP contribution in [0.4, 0.5) is 0 Å². The standard InChI is InChI=1S/C14H27N3/c1-7-12(8-2)9-13(15-5)14-10(3)16-17(6)11(14)4/h12-13,15H,7-9H2,1-6H3. The van der Waals surface area contributed by atoms with Gasteiger partial charge in [-0.05, 0) is 33.2 Å². The molecule has 0 spiro atoms. The molecule has 98 valence electrons. The van der Waals surface area contributed by atoms with Crippen LogP contribution in [0.2, 0.25) is 0 Å². The Hall–Kier alpha value is -0.830. The zero-order valence-corrected chi connectivity index (χ0v) is 12.2. The summed E-state index contributed by atoms with van der Waals surface area (Å²) in [7, 11) is 4.08. The lowest BCUT2D eigenvalue weighted by Crippen LogP contribution is -2.21. The Morgan fingerprint density at radius 1 is 1.24 bits per heavy atom. The van der Waals surface area contributed by atoms with E-state index in [0.717, 1.165) is 11.6 Å². The summed E-state index contributed by atoms with van der Waals surface area (Å²) in [5.74, 6) is 0.798. The van der Waals surface area contributed by atoms with E-state index in [9.17, 15) is 0 Å². The fraction of sp³-hybridized carbons (Fsp3) is 0.786. The van der Waals surface area contributed by atoms with Crippen LogP contribution in [0.5, 0.6) is 0 Å². The van der Waals surface area contributed by atoms with Crippen molar-refractivity contribution in [3.8, 4) is 0 Å². The highest BCUT2D eigenvalue weighted by Crippen LogP contribution is 2.28. The van der Waals surface area contributed by atoms with Gasteiger partial charge in [0.25, 0.3) is 0 Å². The van der Waals surface area contributed by atoms with Gasteiger partial charge in [0.05, 0.1) is 5.69 Å². The average molecular weight is 237 g/mol. The van der Waals surface area contributed by atoms with Gasteiger partial charge >= 0.3 is 0 Å². The third kappa shape index (κ3) is 3.09. The first-order valence-corrected chi connectivity index (χ1v) is 6.72. The van der Waals surface area contributed by atoms with E-state index in [2.05, 4.69) is 45.2 Å². The highest BCUT2D eigenvalue weighted by Gasteiger charge is 2.21. The highest BCUT2D eigenvalue weighted by molar-refractivity contribution is 5.28. The number of nitrogens with zero attached hydrogens (tertiary/aromatic N) is 2. The Bertz CT molecular complexity index is 351. The summed E-state index contributed by atoms with van der Waals surface area (Å²) >= 11 is 0. The van der Waals surface area contributed by atoms with Gasteiger partial charge in [0, 0.05) is 24.3 Å². The van der Waals surface area contributed by atoms with Crippen LogP contribution in [0, 0.1) is 19.8 Å².